The summed E-state index contributed by atoms with van der Waals surface area (Å²) in [4.78, 5) is 0. The maximum atomic E-state index is 6.04. The molecule has 0 saturated heterocycles. The molecule has 190 valence electrons. The molecule has 8 aromatic carbocycles. The zero-order valence-electron chi connectivity index (χ0n) is 22.3. The van der Waals surface area contributed by atoms with Gasteiger partial charge in [-0.25, -0.2) is 0 Å². The van der Waals surface area contributed by atoms with Crippen molar-refractivity contribution in [2.24, 2.45) is 0 Å². The molecule has 0 aliphatic carbocycles. The fourth-order valence-corrected chi connectivity index (χ4v) is 6.62. The summed E-state index contributed by atoms with van der Waals surface area (Å²) in [6.07, 6.45) is 0. The van der Waals surface area contributed by atoms with Crippen LogP contribution in [0.1, 0.15) is 0 Å². The molecule has 0 N–H and O–H groups in total. The lowest BCUT2D eigenvalue weighted by Gasteiger charge is -2.16. The van der Waals surface area contributed by atoms with Crippen molar-refractivity contribution in [3.63, 3.8) is 0 Å². The van der Waals surface area contributed by atoms with Gasteiger partial charge in [0.05, 0.1) is 0 Å². The molecule has 9 rings (SSSR count). The van der Waals surface area contributed by atoms with Gasteiger partial charge in [0, 0.05) is 10.8 Å². The van der Waals surface area contributed by atoms with Gasteiger partial charge in [-0.3, -0.25) is 0 Å². The van der Waals surface area contributed by atoms with Gasteiger partial charge in [-0.1, -0.05) is 115 Å². The fraction of sp³-hybridized carbons (Fsp3) is 0. The highest BCUT2D eigenvalue weighted by Crippen LogP contribution is 2.41. The molecule has 0 bridgehead atoms. The van der Waals surface area contributed by atoms with Crippen LogP contribution >= 0.6 is 0 Å². The number of fused-ring (bicyclic) bond motifs is 3. The number of furan rings is 1. The van der Waals surface area contributed by atoms with E-state index in [9.17, 15) is 0 Å². The maximum Gasteiger partial charge on any atom is 0.135 e. The average Bonchev–Trinajstić information content (AvgIpc) is 3.42. The van der Waals surface area contributed by atoms with E-state index in [2.05, 4.69) is 133 Å². The smallest absolute Gasteiger partial charge is 0.135 e. The molecular weight excluding hydrogens is 496 g/mol. The van der Waals surface area contributed by atoms with Crippen molar-refractivity contribution >= 4 is 54.3 Å². The molecule has 9 aromatic rings. The van der Waals surface area contributed by atoms with Crippen LogP contribution in [0.2, 0.25) is 0 Å². The largest absolute Gasteiger partial charge is 0.456 e. The van der Waals surface area contributed by atoms with Gasteiger partial charge in [0.1, 0.15) is 11.2 Å². The summed E-state index contributed by atoms with van der Waals surface area (Å²) in [5, 5.41) is 10.2. The Kier molecular flexibility index (Phi) is 4.67. The Morgan fingerprint density at radius 3 is 1.80 bits per heavy atom. The van der Waals surface area contributed by atoms with Gasteiger partial charge in [0.15, 0.2) is 0 Å². The Labute approximate surface area is 237 Å². The Balaban J connectivity index is 1.16. The summed E-state index contributed by atoms with van der Waals surface area (Å²) < 4.78 is 6.04. The molecule has 0 amide bonds. The molecule has 0 aliphatic heterocycles. The summed E-state index contributed by atoms with van der Waals surface area (Å²) in [6, 6.07) is 52.7. The molecule has 41 heavy (non-hydrogen) atoms. The standard InChI is InChI=1S/C40H24O/c1-2-6-25(7-3-1)32-22-30-15-14-28-16-19-33(35-20-17-31(23-32)39(30)40(28)35)27-12-10-26(11-13-27)29-18-21-38-36(24-29)34-8-4-5-9-37(34)41-38/h1-24H. The van der Waals surface area contributed by atoms with Crippen molar-refractivity contribution in [2.45, 2.75) is 0 Å². The van der Waals surface area contributed by atoms with Gasteiger partial charge in [0.25, 0.3) is 0 Å². The van der Waals surface area contributed by atoms with E-state index in [4.69, 9.17) is 4.42 Å². The number of hydrogen-bond donors (Lipinski definition) is 0. The first-order chi connectivity index (χ1) is 20.3. The summed E-state index contributed by atoms with van der Waals surface area (Å²) >= 11 is 0. The molecule has 0 unspecified atom stereocenters. The molecule has 0 spiro atoms. The van der Waals surface area contributed by atoms with Crippen LogP contribution in [0.5, 0.6) is 0 Å². The molecule has 0 radical (unpaired) electrons. The first kappa shape index (κ1) is 22.4. The second kappa shape index (κ2) is 8.55. The van der Waals surface area contributed by atoms with Crippen molar-refractivity contribution in [1.82, 2.24) is 0 Å². The van der Waals surface area contributed by atoms with Crippen LogP contribution in [0, 0.1) is 0 Å². The minimum absolute atomic E-state index is 0.927. The maximum absolute atomic E-state index is 6.04. The van der Waals surface area contributed by atoms with E-state index in [1.165, 1.54) is 65.7 Å². The van der Waals surface area contributed by atoms with E-state index in [1.54, 1.807) is 0 Å². The van der Waals surface area contributed by atoms with Gasteiger partial charge in [0.2, 0.25) is 0 Å². The van der Waals surface area contributed by atoms with Crippen LogP contribution in [0.25, 0.3) is 87.6 Å². The van der Waals surface area contributed by atoms with Crippen LogP contribution in [0.3, 0.4) is 0 Å². The quantitative estimate of drug-likeness (QED) is 0.211. The average molecular weight is 521 g/mol. The third-order valence-corrected chi connectivity index (χ3v) is 8.61. The Morgan fingerprint density at radius 2 is 0.951 bits per heavy atom. The lowest BCUT2D eigenvalue weighted by atomic mass is 9.88. The SMILES string of the molecule is c1ccc(-c2cc3ccc4ccc(-c5ccc(-c6ccc7oc8ccccc8c7c6)cc5)c5ccc(c2)c3c45)cc1. The highest BCUT2D eigenvalue weighted by atomic mass is 16.3. The summed E-state index contributed by atoms with van der Waals surface area (Å²) in [6.45, 7) is 0. The molecule has 1 heteroatoms. The third kappa shape index (κ3) is 3.43. The lowest BCUT2D eigenvalue weighted by molar-refractivity contribution is 0.669. The third-order valence-electron chi connectivity index (χ3n) is 8.61. The second-order valence-electron chi connectivity index (χ2n) is 10.9. The van der Waals surface area contributed by atoms with Crippen LogP contribution in [0.4, 0.5) is 0 Å². The monoisotopic (exact) mass is 520 g/mol. The van der Waals surface area contributed by atoms with Crippen LogP contribution in [-0.2, 0) is 0 Å². The molecule has 0 atom stereocenters. The highest BCUT2D eigenvalue weighted by Gasteiger charge is 2.14. The van der Waals surface area contributed by atoms with Crippen molar-refractivity contribution in [3.05, 3.63) is 146 Å². The summed E-state index contributed by atoms with van der Waals surface area (Å²) in [5.74, 6) is 0. The van der Waals surface area contributed by atoms with Crippen molar-refractivity contribution in [2.75, 3.05) is 0 Å². The molecular formula is C40H24O. The van der Waals surface area contributed by atoms with E-state index in [-0.39, 0.29) is 0 Å². The van der Waals surface area contributed by atoms with E-state index >= 15 is 0 Å². The minimum Gasteiger partial charge on any atom is -0.456 e. The van der Waals surface area contributed by atoms with Gasteiger partial charge in [-0.15, -0.1) is 0 Å². The summed E-state index contributed by atoms with van der Waals surface area (Å²) in [5.41, 5.74) is 9.25. The fourth-order valence-electron chi connectivity index (χ4n) is 6.62. The molecule has 0 fully saturated rings. The van der Waals surface area contributed by atoms with Crippen LogP contribution < -0.4 is 0 Å². The number of benzene rings is 8. The first-order valence-electron chi connectivity index (χ1n) is 14.1. The van der Waals surface area contributed by atoms with Gasteiger partial charge in [-0.05, 0) is 96.0 Å². The highest BCUT2D eigenvalue weighted by molar-refractivity contribution is 6.26. The molecule has 1 nitrogen and oxygen atoms in total. The number of rotatable bonds is 3. The second-order valence-corrected chi connectivity index (χ2v) is 10.9. The van der Waals surface area contributed by atoms with Gasteiger partial charge in [-0.2, -0.15) is 0 Å². The minimum atomic E-state index is 0.927. The predicted octanol–water partition coefficient (Wildman–Crippen LogP) is 11.5. The zero-order valence-corrected chi connectivity index (χ0v) is 22.3. The molecule has 1 heterocycles. The van der Waals surface area contributed by atoms with Crippen molar-refractivity contribution in [1.29, 1.82) is 0 Å². The Morgan fingerprint density at radius 1 is 0.317 bits per heavy atom. The van der Waals surface area contributed by atoms with Crippen LogP contribution in [-0.4, -0.2) is 0 Å². The molecule has 0 saturated carbocycles. The van der Waals surface area contributed by atoms with Gasteiger partial charge >= 0.3 is 0 Å². The lowest BCUT2D eigenvalue weighted by Crippen LogP contribution is -1.88. The summed E-state index contributed by atoms with van der Waals surface area (Å²) in [7, 11) is 0. The van der Waals surface area contributed by atoms with E-state index < -0.39 is 0 Å². The Hall–Kier alpha value is -5.40. The predicted molar refractivity (Wildman–Crippen MR) is 174 cm³/mol. The Bertz CT molecular complexity index is 2370. The molecule has 1 aromatic heterocycles. The molecule has 0 aliphatic rings. The number of para-hydroxylation sites is 1. The zero-order chi connectivity index (χ0) is 26.9. The van der Waals surface area contributed by atoms with Crippen LogP contribution in [0.15, 0.2) is 150 Å². The van der Waals surface area contributed by atoms with E-state index in [0.29, 0.717) is 0 Å². The van der Waals surface area contributed by atoms with Gasteiger partial charge < -0.3 is 4.42 Å². The van der Waals surface area contributed by atoms with Crippen molar-refractivity contribution in [3.8, 4) is 33.4 Å². The van der Waals surface area contributed by atoms with Crippen molar-refractivity contribution < 1.29 is 4.42 Å². The number of hydrogen-bond acceptors (Lipinski definition) is 1. The first-order valence-corrected chi connectivity index (χ1v) is 14.1. The van der Waals surface area contributed by atoms with E-state index in [0.717, 1.165) is 21.9 Å². The topological polar surface area (TPSA) is 13.1 Å². The normalized spacial score (nSPS) is 11.9. The van der Waals surface area contributed by atoms with E-state index in [1.807, 2.05) is 12.1 Å².